The van der Waals surface area contributed by atoms with Crippen molar-refractivity contribution in [2.45, 2.75) is 31.9 Å². The lowest BCUT2D eigenvalue weighted by atomic mass is 10.1. The van der Waals surface area contributed by atoms with Crippen LogP contribution in [0.25, 0.3) is 22.1 Å². The van der Waals surface area contributed by atoms with E-state index in [-0.39, 0.29) is 10.8 Å². The Kier molecular flexibility index (Phi) is 5.48. The predicted molar refractivity (Wildman–Crippen MR) is 121 cm³/mol. The van der Waals surface area contributed by atoms with Crippen molar-refractivity contribution in [3.63, 3.8) is 0 Å². The number of halogens is 2. The van der Waals surface area contributed by atoms with Crippen LogP contribution in [0.4, 0.5) is 10.2 Å². The van der Waals surface area contributed by atoms with Crippen LogP contribution >= 0.6 is 11.6 Å². The van der Waals surface area contributed by atoms with Gasteiger partial charge in [-0.25, -0.2) is 9.37 Å². The van der Waals surface area contributed by atoms with E-state index in [0.29, 0.717) is 22.9 Å². The predicted octanol–water partition coefficient (Wildman–Crippen LogP) is 5.13. The highest BCUT2D eigenvalue weighted by molar-refractivity contribution is 6.30. The Morgan fingerprint density at radius 2 is 2.12 bits per heavy atom. The molecule has 7 nitrogen and oxygen atoms in total. The van der Waals surface area contributed by atoms with Crippen LogP contribution in [0.2, 0.25) is 5.02 Å². The summed E-state index contributed by atoms with van der Waals surface area (Å²) < 4.78 is 27.8. The van der Waals surface area contributed by atoms with Gasteiger partial charge in [-0.2, -0.15) is 5.10 Å². The van der Waals surface area contributed by atoms with Gasteiger partial charge >= 0.3 is 0 Å². The summed E-state index contributed by atoms with van der Waals surface area (Å²) in [5.41, 5.74) is 9.02. The first-order valence-corrected chi connectivity index (χ1v) is 10.9. The van der Waals surface area contributed by atoms with Gasteiger partial charge in [-0.1, -0.05) is 17.7 Å². The minimum atomic E-state index is -0.505. The Labute approximate surface area is 189 Å². The molecular formula is C23H23ClFN5O2. The molecule has 5 rings (SSSR count). The number of aromatic nitrogens is 3. The normalized spacial score (nSPS) is 15.8. The SMILES string of the molecule is CC(Oc1c(N)ncc2c(-c3cnn(C4CCNCC4)c3)coc12)c1ccc(Cl)c(F)c1. The van der Waals surface area contributed by atoms with Gasteiger partial charge in [0, 0.05) is 23.5 Å². The standard InChI is InChI=1S/C23H23ClFN5O2/c1-13(14-2-3-19(24)20(25)8-14)32-22-21-17(10-28-23(22)26)18(12-31-21)15-9-29-30(11-15)16-4-6-27-7-5-16/h2-3,8-13,16,27H,4-7H2,1H3,(H2,26,28). The average Bonchev–Trinajstić information content (AvgIpc) is 3.45. The molecule has 4 aromatic rings. The van der Waals surface area contributed by atoms with Crippen LogP contribution in [-0.4, -0.2) is 27.9 Å². The van der Waals surface area contributed by atoms with E-state index in [0.717, 1.165) is 42.4 Å². The van der Waals surface area contributed by atoms with Gasteiger partial charge in [0.2, 0.25) is 5.75 Å². The van der Waals surface area contributed by atoms with Crippen molar-refractivity contribution in [1.29, 1.82) is 0 Å². The zero-order valence-corrected chi connectivity index (χ0v) is 18.3. The third-order valence-electron chi connectivity index (χ3n) is 5.90. The maximum atomic E-state index is 13.9. The monoisotopic (exact) mass is 455 g/mol. The maximum Gasteiger partial charge on any atom is 0.205 e. The van der Waals surface area contributed by atoms with Crippen molar-refractivity contribution < 1.29 is 13.5 Å². The summed E-state index contributed by atoms with van der Waals surface area (Å²) in [7, 11) is 0. The topological polar surface area (TPSA) is 91.1 Å². The fourth-order valence-electron chi connectivity index (χ4n) is 4.08. The van der Waals surface area contributed by atoms with Crippen LogP contribution in [0.1, 0.15) is 37.5 Å². The molecule has 4 heterocycles. The summed E-state index contributed by atoms with van der Waals surface area (Å²) in [5.74, 6) is 0.0161. The second-order valence-electron chi connectivity index (χ2n) is 7.99. The molecule has 9 heteroatoms. The number of hydrogen-bond donors (Lipinski definition) is 2. The molecule has 0 spiro atoms. The number of hydrogen-bond acceptors (Lipinski definition) is 6. The Hall–Kier alpha value is -3.10. The summed E-state index contributed by atoms with van der Waals surface area (Å²) in [5, 5.41) is 8.77. The highest BCUT2D eigenvalue weighted by Gasteiger charge is 2.21. The van der Waals surface area contributed by atoms with Gasteiger partial charge in [0.1, 0.15) is 18.2 Å². The smallest absolute Gasteiger partial charge is 0.205 e. The van der Waals surface area contributed by atoms with Gasteiger partial charge in [0.25, 0.3) is 0 Å². The third kappa shape index (κ3) is 3.80. The van der Waals surface area contributed by atoms with Gasteiger partial charge < -0.3 is 20.2 Å². The second kappa shape index (κ2) is 8.44. The number of benzene rings is 1. The number of nitrogens with two attached hydrogens (primary N) is 1. The van der Waals surface area contributed by atoms with Crippen LogP contribution < -0.4 is 15.8 Å². The lowest BCUT2D eigenvalue weighted by molar-refractivity contribution is 0.227. The number of pyridine rings is 1. The van der Waals surface area contributed by atoms with Gasteiger partial charge in [-0.15, -0.1) is 0 Å². The van der Waals surface area contributed by atoms with E-state index in [2.05, 4.69) is 15.4 Å². The number of ether oxygens (including phenoxy) is 1. The number of nitrogens with one attached hydrogen (secondary N) is 1. The summed E-state index contributed by atoms with van der Waals surface area (Å²) in [6.45, 7) is 3.79. The van der Waals surface area contributed by atoms with Crippen molar-refractivity contribution in [1.82, 2.24) is 20.1 Å². The number of furan rings is 1. The van der Waals surface area contributed by atoms with Crippen LogP contribution in [0.5, 0.6) is 5.75 Å². The summed E-state index contributed by atoms with van der Waals surface area (Å²) in [4.78, 5) is 4.30. The van der Waals surface area contributed by atoms with E-state index >= 15 is 0 Å². The quantitative estimate of drug-likeness (QED) is 0.433. The van der Waals surface area contributed by atoms with E-state index in [1.165, 1.54) is 12.1 Å². The molecule has 0 bridgehead atoms. The van der Waals surface area contributed by atoms with Crippen molar-refractivity contribution in [2.75, 3.05) is 18.8 Å². The molecule has 1 aliphatic rings. The highest BCUT2D eigenvalue weighted by atomic mass is 35.5. The van der Waals surface area contributed by atoms with Crippen LogP contribution in [0.15, 0.2) is 47.5 Å². The molecule has 1 aliphatic heterocycles. The van der Waals surface area contributed by atoms with Gasteiger partial charge in [-0.05, 0) is 50.6 Å². The van der Waals surface area contributed by atoms with E-state index < -0.39 is 11.9 Å². The molecule has 0 aliphatic carbocycles. The fourth-order valence-corrected chi connectivity index (χ4v) is 4.19. The Balaban J connectivity index is 1.46. The molecular weight excluding hydrogens is 433 g/mol. The van der Waals surface area contributed by atoms with E-state index in [4.69, 9.17) is 26.5 Å². The number of nitrogens with zero attached hydrogens (tertiary/aromatic N) is 3. The Morgan fingerprint density at radius 1 is 1.31 bits per heavy atom. The molecule has 0 saturated carbocycles. The van der Waals surface area contributed by atoms with E-state index in [1.807, 2.05) is 17.1 Å². The van der Waals surface area contributed by atoms with Crippen molar-refractivity contribution in [3.05, 3.63) is 59.5 Å². The first-order chi connectivity index (χ1) is 15.5. The lowest BCUT2D eigenvalue weighted by Gasteiger charge is -2.22. The minimum Gasteiger partial charge on any atom is -0.479 e. The molecule has 166 valence electrons. The molecule has 1 atom stereocenters. The number of fused-ring (bicyclic) bond motifs is 1. The molecule has 0 amide bonds. The average molecular weight is 456 g/mol. The van der Waals surface area contributed by atoms with Crippen molar-refractivity contribution >= 4 is 28.4 Å². The second-order valence-corrected chi connectivity index (χ2v) is 8.40. The van der Waals surface area contributed by atoms with E-state index in [1.54, 1.807) is 25.5 Å². The molecule has 1 saturated heterocycles. The van der Waals surface area contributed by atoms with Gasteiger partial charge in [0.15, 0.2) is 11.4 Å². The first-order valence-electron chi connectivity index (χ1n) is 10.5. The van der Waals surface area contributed by atoms with Crippen LogP contribution in [0, 0.1) is 5.82 Å². The zero-order valence-electron chi connectivity index (χ0n) is 17.5. The Morgan fingerprint density at radius 3 is 2.91 bits per heavy atom. The number of piperidine rings is 1. The molecule has 1 aromatic carbocycles. The summed E-state index contributed by atoms with van der Waals surface area (Å²) in [6.07, 6.45) is 8.81. The number of anilines is 1. The lowest BCUT2D eigenvalue weighted by Crippen LogP contribution is -2.29. The molecule has 3 N–H and O–H groups in total. The first kappa shape index (κ1) is 20.8. The summed E-state index contributed by atoms with van der Waals surface area (Å²) in [6, 6.07) is 4.94. The van der Waals surface area contributed by atoms with Gasteiger partial charge in [0.05, 0.1) is 22.6 Å². The minimum absolute atomic E-state index is 0.0601. The van der Waals surface area contributed by atoms with Gasteiger partial charge in [-0.3, -0.25) is 4.68 Å². The fraction of sp³-hybridized carbons (Fsp3) is 0.304. The van der Waals surface area contributed by atoms with Crippen molar-refractivity contribution in [2.24, 2.45) is 0 Å². The highest BCUT2D eigenvalue weighted by Crippen LogP contribution is 2.39. The van der Waals surface area contributed by atoms with Crippen LogP contribution in [-0.2, 0) is 0 Å². The number of rotatable bonds is 5. The molecule has 1 unspecified atom stereocenters. The molecule has 3 aromatic heterocycles. The summed E-state index contributed by atoms with van der Waals surface area (Å²) >= 11 is 5.79. The third-order valence-corrected chi connectivity index (χ3v) is 6.21. The molecule has 1 fully saturated rings. The Bertz CT molecular complexity index is 1260. The van der Waals surface area contributed by atoms with E-state index in [9.17, 15) is 4.39 Å². The largest absolute Gasteiger partial charge is 0.479 e. The van der Waals surface area contributed by atoms with Crippen LogP contribution in [0.3, 0.4) is 0 Å². The number of nitrogen functional groups attached to an aromatic ring is 1. The molecule has 32 heavy (non-hydrogen) atoms. The zero-order chi connectivity index (χ0) is 22.2. The maximum absolute atomic E-state index is 13.9. The molecule has 0 radical (unpaired) electrons. The van der Waals surface area contributed by atoms with Crippen molar-refractivity contribution in [3.8, 4) is 16.9 Å².